The number of hydrogen-bond acceptors (Lipinski definition) is 0. The van der Waals surface area contributed by atoms with E-state index in [0.717, 1.165) is 0 Å². The van der Waals surface area contributed by atoms with Gasteiger partial charge in [0.2, 0.25) is 0 Å². The summed E-state index contributed by atoms with van der Waals surface area (Å²) in [6.07, 6.45) is -5.73. The zero-order chi connectivity index (χ0) is 6.73. The molecule has 0 aromatic heterocycles. The van der Waals surface area contributed by atoms with Crippen LogP contribution in [0.15, 0.2) is 0 Å². The van der Waals surface area contributed by atoms with Crippen LogP contribution in [0.1, 0.15) is 0 Å². The van der Waals surface area contributed by atoms with Gasteiger partial charge in [-0.15, -0.1) is 0 Å². The minimum Gasteiger partial charge on any atom is -0.249 e. The lowest BCUT2D eigenvalue weighted by atomic mass is 10.4. The van der Waals surface area contributed by atoms with Crippen LogP contribution in [0.3, 0.4) is 0 Å². The van der Waals surface area contributed by atoms with Crippen molar-refractivity contribution in [1.29, 1.82) is 0 Å². The third-order valence-electron chi connectivity index (χ3n) is 0.680. The van der Waals surface area contributed by atoms with E-state index in [4.69, 9.17) is 0 Å². The molecule has 0 N–H and O–H groups in total. The van der Waals surface area contributed by atoms with E-state index in [0.29, 0.717) is 0 Å². The molecule has 0 aromatic carbocycles. The van der Waals surface area contributed by atoms with Gasteiger partial charge >= 0.3 is 0 Å². The summed E-state index contributed by atoms with van der Waals surface area (Å²) in [7, 11) is -0.171. The SMILES string of the molecule is FC(F)C(F)C(F)[SiH3]. The van der Waals surface area contributed by atoms with E-state index in [1.165, 1.54) is 0 Å². The van der Waals surface area contributed by atoms with Gasteiger partial charge in [-0.3, -0.25) is 0 Å². The fourth-order valence-electron chi connectivity index (χ4n) is 0.200. The predicted molar refractivity (Wildman–Crippen MR) is 25.7 cm³/mol. The molecule has 0 radical (unpaired) electrons. The lowest BCUT2D eigenvalue weighted by Gasteiger charge is -2.05. The van der Waals surface area contributed by atoms with Crippen molar-refractivity contribution in [3.8, 4) is 0 Å². The van der Waals surface area contributed by atoms with E-state index in [1.807, 2.05) is 0 Å². The maximum Gasteiger partial charge on any atom is 0.271 e. The van der Waals surface area contributed by atoms with Crippen molar-refractivity contribution in [2.75, 3.05) is 0 Å². The summed E-state index contributed by atoms with van der Waals surface area (Å²) in [6, 6.07) is 0. The van der Waals surface area contributed by atoms with E-state index in [2.05, 4.69) is 0 Å². The fourth-order valence-corrected chi connectivity index (χ4v) is 0.491. The molecule has 0 rings (SSSR count). The van der Waals surface area contributed by atoms with Gasteiger partial charge in [-0.05, 0) is 0 Å². The summed E-state index contributed by atoms with van der Waals surface area (Å²) < 4.78 is 45.3. The van der Waals surface area contributed by atoms with Crippen LogP contribution in [0.25, 0.3) is 0 Å². The molecule has 0 aromatic rings. The standard InChI is InChI=1S/C3H6F4Si/c4-1(2(5)6)3(7)8/h1-3H,8H3. The molecular formula is C3H6F4Si. The van der Waals surface area contributed by atoms with E-state index in [-0.39, 0.29) is 10.2 Å². The molecule has 0 aliphatic carbocycles. The monoisotopic (exact) mass is 146 g/mol. The Hall–Kier alpha value is -0.0631. The molecule has 2 unspecified atom stereocenters. The van der Waals surface area contributed by atoms with Crippen molar-refractivity contribution in [1.82, 2.24) is 0 Å². The zero-order valence-corrected chi connectivity index (χ0v) is 6.24. The number of alkyl halides is 4. The molecule has 5 heteroatoms. The lowest BCUT2D eigenvalue weighted by molar-refractivity contribution is 0.0255. The zero-order valence-electron chi connectivity index (χ0n) is 4.24. The van der Waals surface area contributed by atoms with Crippen LogP contribution in [-0.4, -0.2) is 28.6 Å². The first-order valence-electron chi connectivity index (χ1n) is 2.12. The smallest absolute Gasteiger partial charge is 0.249 e. The van der Waals surface area contributed by atoms with Crippen molar-refractivity contribution in [3.05, 3.63) is 0 Å². The molecule has 0 bridgehead atoms. The van der Waals surface area contributed by atoms with Crippen LogP contribution in [0.5, 0.6) is 0 Å². The molecule has 0 amide bonds. The molecule has 0 nitrogen and oxygen atoms in total. The summed E-state index contributed by atoms with van der Waals surface area (Å²) in [5, 5.41) is 0. The van der Waals surface area contributed by atoms with Gasteiger partial charge in [0.25, 0.3) is 6.43 Å². The summed E-state index contributed by atoms with van der Waals surface area (Å²) in [5.41, 5.74) is 0. The molecule has 0 spiro atoms. The summed E-state index contributed by atoms with van der Waals surface area (Å²) in [4.78, 5) is 0. The van der Waals surface area contributed by atoms with Crippen LogP contribution < -0.4 is 0 Å². The first kappa shape index (κ1) is 7.94. The molecule has 0 fully saturated rings. The van der Waals surface area contributed by atoms with E-state index < -0.39 is 18.4 Å². The molecule has 50 valence electrons. The lowest BCUT2D eigenvalue weighted by Crippen LogP contribution is -2.24. The van der Waals surface area contributed by atoms with E-state index in [9.17, 15) is 17.6 Å². The maximum atomic E-state index is 11.6. The third-order valence-corrected chi connectivity index (χ3v) is 1.32. The van der Waals surface area contributed by atoms with Gasteiger partial charge < -0.3 is 0 Å². The Balaban J connectivity index is 3.46. The molecule has 0 aliphatic rings. The van der Waals surface area contributed by atoms with Gasteiger partial charge in [-0.25, -0.2) is 17.6 Å². The average molecular weight is 146 g/mol. The summed E-state index contributed by atoms with van der Waals surface area (Å²) in [6.45, 7) is 0. The molecule has 0 aliphatic heterocycles. The third kappa shape index (κ3) is 2.30. The highest BCUT2D eigenvalue weighted by molar-refractivity contribution is 6.11. The maximum absolute atomic E-state index is 11.6. The minimum atomic E-state index is -3.16. The Bertz CT molecular complexity index is 56.3. The summed E-state index contributed by atoms with van der Waals surface area (Å²) >= 11 is 0. The fraction of sp³-hybridized carbons (Fsp3) is 1.00. The average Bonchev–Trinajstić information content (AvgIpc) is 1.64. The van der Waals surface area contributed by atoms with Crippen LogP contribution >= 0.6 is 0 Å². The molecular weight excluding hydrogens is 140 g/mol. The minimum absolute atomic E-state index is 0.171. The van der Waals surface area contributed by atoms with Crippen molar-refractivity contribution in [2.45, 2.75) is 18.4 Å². The van der Waals surface area contributed by atoms with Gasteiger partial charge in [0, 0.05) is 0 Å². The number of hydrogen-bond donors (Lipinski definition) is 0. The second-order valence-electron chi connectivity index (χ2n) is 1.46. The highest BCUT2D eigenvalue weighted by Gasteiger charge is 2.25. The van der Waals surface area contributed by atoms with E-state index in [1.54, 1.807) is 0 Å². The van der Waals surface area contributed by atoms with Crippen LogP contribution in [0.2, 0.25) is 0 Å². The predicted octanol–water partition coefficient (Wildman–Crippen LogP) is 0.251. The quantitative estimate of drug-likeness (QED) is 0.387. The van der Waals surface area contributed by atoms with E-state index >= 15 is 0 Å². The van der Waals surface area contributed by atoms with Crippen LogP contribution in [0, 0.1) is 0 Å². The highest BCUT2D eigenvalue weighted by atomic mass is 28.1. The topological polar surface area (TPSA) is 0 Å². The second kappa shape index (κ2) is 3.06. The molecule has 0 heterocycles. The Morgan fingerprint density at radius 3 is 1.38 bits per heavy atom. The second-order valence-corrected chi connectivity index (χ2v) is 2.56. The molecule has 0 saturated carbocycles. The van der Waals surface area contributed by atoms with Crippen molar-refractivity contribution in [3.63, 3.8) is 0 Å². The Kier molecular flexibility index (Phi) is 3.04. The van der Waals surface area contributed by atoms with Crippen molar-refractivity contribution >= 4 is 10.2 Å². The number of halogens is 4. The molecule has 8 heavy (non-hydrogen) atoms. The summed E-state index contributed by atoms with van der Waals surface area (Å²) in [5.74, 6) is -1.94. The number of rotatable bonds is 2. The molecule has 2 atom stereocenters. The van der Waals surface area contributed by atoms with Crippen molar-refractivity contribution < 1.29 is 17.6 Å². The Labute approximate surface area is 47.3 Å². The van der Waals surface area contributed by atoms with Gasteiger partial charge in [-0.1, -0.05) is 0 Å². The van der Waals surface area contributed by atoms with Crippen LogP contribution in [-0.2, 0) is 0 Å². The van der Waals surface area contributed by atoms with Gasteiger partial charge in [0.1, 0.15) is 5.79 Å². The normalized spacial score (nSPS) is 19.1. The molecule has 0 saturated heterocycles. The van der Waals surface area contributed by atoms with Gasteiger partial charge in [-0.2, -0.15) is 0 Å². The Morgan fingerprint density at radius 1 is 1.00 bits per heavy atom. The first-order chi connectivity index (χ1) is 3.55. The first-order valence-corrected chi connectivity index (χ1v) is 3.27. The van der Waals surface area contributed by atoms with Crippen LogP contribution in [0.4, 0.5) is 17.6 Å². The van der Waals surface area contributed by atoms with Gasteiger partial charge in [0.15, 0.2) is 6.17 Å². The largest absolute Gasteiger partial charge is 0.271 e. The van der Waals surface area contributed by atoms with Crippen molar-refractivity contribution in [2.24, 2.45) is 0 Å². The highest BCUT2D eigenvalue weighted by Crippen LogP contribution is 2.09. The van der Waals surface area contributed by atoms with Gasteiger partial charge in [0.05, 0.1) is 10.2 Å². The Morgan fingerprint density at radius 2 is 1.38 bits per heavy atom.